The van der Waals surface area contributed by atoms with E-state index in [9.17, 15) is 13.5 Å². The number of pyridine rings is 1. The van der Waals surface area contributed by atoms with E-state index in [1.54, 1.807) is 18.2 Å². The van der Waals surface area contributed by atoms with Gasteiger partial charge in [-0.05, 0) is 11.6 Å². The summed E-state index contributed by atoms with van der Waals surface area (Å²) in [6.45, 7) is 0. The van der Waals surface area contributed by atoms with Crippen molar-refractivity contribution in [2.45, 2.75) is 5.75 Å². The first-order chi connectivity index (χ1) is 9.78. The zero-order valence-electron chi connectivity index (χ0n) is 10.3. The SMILES string of the molecule is O=S(=O)(Cc1cccc(Cl)c1Cl)Nc1ncc(Cl)cc1O. The summed E-state index contributed by atoms with van der Waals surface area (Å²) in [5.74, 6) is -0.989. The maximum Gasteiger partial charge on any atom is 0.238 e. The number of benzene rings is 1. The molecule has 0 aliphatic heterocycles. The summed E-state index contributed by atoms with van der Waals surface area (Å²) in [5.41, 5.74) is 0.338. The van der Waals surface area contributed by atoms with E-state index in [0.29, 0.717) is 5.56 Å². The second-order valence-corrected chi connectivity index (χ2v) is 7.04. The lowest BCUT2D eigenvalue weighted by atomic mass is 10.2. The Morgan fingerprint density at radius 1 is 1.24 bits per heavy atom. The van der Waals surface area contributed by atoms with Crippen molar-refractivity contribution in [3.63, 3.8) is 0 Å². The maximum absolute atomic E-state index is 12.1. The van der Waals surface area contributed by atoms with Gasteiger partial charge in [0.1, 0.15) is 0 Å². The number of rotatable bonds is 4. The highest BCUT2D eigenvalue weighted by Gasteiger charge is 2.17. The minimum Gasteiger partial charge on any atom is -0.504 e. The number of halogens is 3. The Bertz CT molecular complexity index is 781. The molecule has 0 unspecified atom stereocenters. The fraction of sp³-hybridized carbons (Fsp3) is 0.0833. The van der Waals surface area contributed by atoms with Crippen LogP contribution in [0.25, 0.3) is 0 Å². The molecule has 0 spiro atoms. The molecule has 0 bridgehead atoms. The van der Waals surface area contributed by atoms with Crippen molar-refractivity contribution in [1.82, 2.24) is 4.98 Å². The van der Waals surface area contributed by atoms with Gasteiger partial charge < -0.3 is 5.11 Å². The fourth-order valence-corrected chi connectivity index (χ4v) is 3.35. The summed E-state index contributed by atoms with van der Waals surface area (Å²) in [6.07, 6.45) is 1.21. The van der Waals surface area contributed by atoms with Gasteiger partial charge in [0.25, 0.3) is 0 Å². The van der Waals surface area contributed by atoms with Gasteiger partial charge in [0.15, 0.2) is 11.6 Å². The minimum atomic E-state index is -3.82. The molecule has 1 aromatic heterocycles. The van der Waals surface area contributed by atoms with Crippen molar-refractivity contribution in [1.29, 1.82) is 0 Å². The summed E-state index contributed by atoms with van der Waals surface area (Å²) < 4.78 is 26.3. The molecule has 0 saturated heterocycles. The highest BCUT2D eigenvalue weighted by atomic mass is 35.5. The van der Waals surface area contributed by atoms with Gasteiger partial charge in [-0.3, -0.25) is 4.72 Å². The van der Waals surface area contributed by atoms with E-state index in [1.807, 2.05) is 0 Å². The molecular weight excluding hydrogens is 359 g/mol. The number of nitrogens with one attached hydrogen (secondary N) is 1. The topological polar surface area (TPSA) is 79.3 Å². The number of hydrogen-bond donors (Lipinski definition) is 2. The van der Waals surface area contributed by atoms with Crippen LogP contribution in [0.4, 0.5) is 5.82 Å². The Hall–Kier alpha value is -1.21. The third kappa shape index (κ3) is 4.14. The molecule has 0 radical (unpaired) electrons. The highest BCUT2D eigenvalue weighted by molar-refractivity contribution is 7.91. The number of nitrogens with zero attached hydrogens (tertiary/aromatic N) is 1. The average molecular weight is 368 g/mol. The number of sulfonamides is 1. The molecule has 2 rings (SSSR count). The maximum atomic E-state index is 12.1. The molecule has 1 aromatic carbocycles. The molecule has 5 nitrogen and oxygen atoms in total. The molecule has 0 aliphatic rings. The Kier molecular flexibility index (Phi) is 4.83. The molecule has 0 aliphatic carbocycles. The Morgan fingerprint density at radius 3 is 2.62 bits per heavy atom. The number of anilines is 1. The predicted octanol–water partition coefficient (Wildman–Crippen LogP) is 3.69. The summed E-state index contributed by atoms with van der Waals surface area (Å²) >= 11 is 17.4. The van der Waals surface area contributed by atoms with Crippen LogP contribution in [0.5, 0.6) is 5.75 Å². The zero-order valence-corrected chi connectivity index (χ0v) is 13.4. The van der Waals surface area contributed by atoms with Crippen molar-refractivity contribution >= 4 is 50.6 Å². The second kappa shape index (κ2) is 6.27. The van der Waals surface area contributed by atoms with Crippen molar-refractivity contribution in [3.8, 4) is 5.75 Å². The number of aromatic nitrogens is 1. The van der Waals surface area contributed by atoms with Crippen molar-refractivity contribution in [3.05, 3.63) is 51.1 Å². The van der Waals surface area contributed by atoms with Crippen LogP contribution in [0.1, 0.15) is 5.56 Å². The lowest BCUT2D eigenvalue weighted by Gasteiger charge is -2.10. The van der Waals surface area contributed by atoms with Crippen LogP contribution in [-0.2, 0) is 15.8 Å². The molecule has 0 atom stereocenters. The van der Waals surface area contributed by atoms with E-state index in [-0.39, 0.29) is 26.6 Å². The second-order valence-electron chi connectivity index (χ2n) is 4.10. The third-order valence-electron chi connectivity index (χ3n) is 2.46. The van der Waals surface area contributed by atoms with Gasteiger partial charge in [-0.25, -0.2) is 13.4 Å². The Labute approximate surface area is 136 Å². The molecule has 2 aromatic rings. The third-order valence-corrected chi connectivity index (χ3v) is 4.72. The molecule has 9 heteroatoms. The smallest absolute Gasteiger partial charge is 0.238 e. The molecule has 0 fully saturated rings. The summed E-state index contributed by atoms with van der Waals surface area (Å²) in [4.78, 5) is 3.71. The van der Waals surface area contributed by atoms with Crippen LogP contribution < -0.4 is 4.72 Å². The van der Waals surface area contributed by atoms with Gasteiger partial charge in [0.2, 0.25) is 10.0 Å². The van der Waals surface area contributed by atoms with Gasteiger partial charge in [0.05, 0.1) is 20.8 Å². The van der Waals surface area contributed by atoms with Gasteiger partial charge in [-0.2, -0.15) is 0 Å². The average Bonchev–Trinajstić information content (AvgIpc) is 2.38. The van der Waals surface area contributed by atoms with E-state index in [2.05, 4.69) is 9.71 Å². The van der Waals surface area contributed by atoms with Crippen LogP contribution in [0.3, 0.4) is 0 Å². The Morgan fingerprint density at radius 2 is 1.95 bits per heavy atom. The van der Waals surface area contributed by atoms with Crippen LogP contribution >= 0.6 is 34.8 Å². The largest absolute Gasteiger partial charge is 0.504 e. The van der Waals surface area contributed by atoms with Gasteiger partial charge in [0, 0.05) is 12.3 Å². The van der Waals surface area contributed by atoms with Gasteiger partial charge in [-0.15, -0.1) is 0 Å². The first-order valence-electron chi connectivity index (χ1n) is 5.56. The standard InChI is InChI=1S/C12H9Cl3N2O3S/c13-8-4-10(18)12(16-5-8)17-21(19,20)6-7-2-1-3-9(14)11(7)15/h1-5,18H,6H2,(H,16,17). The van der Waals surface area contributed by atoms with Crippen molar-refractivity contribution < 1.29 is 13.5 Å². The molecule has 112 valence electrons. The minimum absolute atomic E-state index is 0.165. The van der Waals surface area contributed by atoms with E-state index >= 15 is 0 Å². The lowest BCUT2D eigenvalue weighted by Crippen LogP contribution is -2.16. The first-order valence-corrected chi connectivity index (χ1v) is 8.35. The summed E-state index contributed by atoms with van der Waals surface area (Å²) in [7, 11) is -3.82. The number of aromatic hydroxyl groups is 1. The fourth-order valence-electron chi connectivity index (χ4n) is 1.56. The quantitative estimate of drug-likeness (QED) is 0.864. The van der Waals surface area contributed by atoms with E-state index in [4.69, 9.17) is 34.8 Å². The first kappa shape index (κ1) is 16.2. The highest BCUT2D eigenvalue weighted by Crippen LogP contribution is 2.28. The summed E-state index contributed by atoms with van der Waals surface area (Å²) in [5, 5.41) is 10.2. The van der Waals surface area contributed by atoms with Crippen LogP contribution in [0.2, 0.25) is 15.1 Å². The van der Waals surface area contributed by atoms with E-state index in [1.165, 1.54) is 12.3 Å². The van der Waals surface area contributed by atoms with Crippen LogP contribution in [0.15, 0.2) is 30.5 Å². The van der Waals surface area contributed by atoms with Gasteiger partial charge >= 0.3 is 0 Å². The molecular formula is C12H9Cl3N2O3S. The van der Waals surface area contributed by atoms with E-state index in [0.717, 1.165) is 0 Å². The molecule has 0 saturated carbocycles. The van der Waals surface area contributed by atoms with Crippen molar-refractivity contribution in [2.24, 2.45) is 0 Å². The van der Waals surface area contributed by atoms with E-state index < -0.39 is 15.8 Å². The normalized spacial score (nSPS) is 11.4. The Balaban J connectivity index is 2.25. The monoisotopic (exact) mass is 366 g/mol. The van der Waals surface area contributed by atoms with Crippen LogP contribution in [-0.4, -0.2) is 18.5 Å². The van der Waals surface area contributed by atoms with Crippen molar-refractivity contribution in [2.75, 3.05) is 4.72 Å². The predicted molar refractivity (Wildman–Crippen MR) is 83.6 cm³/mol. The molecule has 0 amide bonds. The molecule has 2 N–H and O–H groups in total. The molecule has 1 heterocycles. The molecule has 21 heavy (non-hydrogen) atoms. The lowest BCUT2D eigenvalue weighted by molar-refractivity contribution is 0.475. The number of hydrogen-bond acceptors (Lipinski definition) is 4. The summed E-state index contributed by atoms with van der Waals surface area (Å²) in [6, 6.07) is 5.87. The van der Waals surface area contributed by atoms with Crippen LogP contribution in [0, 0.1) is 0 Å². The zero-order chi connectivity index (χ0) is 15.6. The van der Waals surface area contributed by atoms with Gasteiger partial charge in [-0.1, -0.05) is 46.9 Å².